The first kappa shape index (κ1) is 14.4. The van der Waals surface area contributed by atoms with Gasteiger partial charge < -0.3 is 9.88 Å². The molecule has 0 saturated carbocycles. The summed E-state index contributed by atoms with van der Waals surface area (Å²) in [4.78, 5) is 15.3. The molecule has 2 rings (SSSR count). The Morgan fingerprint density at radius 2 is 1.95 bits per heavy atom. The number of hydrogen-bond acceptors (Lipinski definition) is 2. The third-order valence-electron chi connectivity index (χ3n) is 3.15. The first-order chi connectivity index (χ1) is 9.30. The maximum Gasteiger partial charge on any atom is 0.405 e. The van der Waals surface area contributed by atoms with Gasteiger partial charge in [-0.2, -0.15) is 13.2 Å². The largest absolute Gasteiger partial charge is 0.405 e. The zero-order chi connectivity index (χ0) is 14.9. The molecule has 1 aromatic carbocycles. The van der Waals surface area contributed by atoms with Crippen molar-refractivity contribution in [3.05, 3.63) is 40.2 Å². The molecule has 0 aliphatic rings. The molecule has 0 amide bonds. The monoisotopic (exact) mass is 284 g/mol. The van der Waals surface area contributed by atoms with E-state index in [1.165, 1.54) is 11.0 Å². The molecule has 0 atom stereocenters. The molecule has 0 fully saturated rings. The number of nitrogens with one attached hydrogen (secondary N) is 1. The molecule has 0 saturated heterocycles. The van der Waals surface area contributed by atoms with Gasteiger partial charge in [-0.15, -0.1) is 0 Å². The number of H-pyrrole nitrogens is 1. The molecule has 20 heavy (non-hydrogen) atoms. The molecule has 0 bridgehead atoms. The summed E-state index contributed by atoms with van der Waals surface area (Å²) in [5.41, 5.74) is 1.65. The Hall–Kier alpha value is -1.98. The smallest absolute Gasteiger partial charge is 0.363 e. The third kappa shape index (κ3) is 3.12. The number of pyridine rings is 1. The Morgan fingerprint density at radius 1 is 1.25 bits per heavy atom. The topological polar surface area (TPSA) is 36.1 Å². The lowest BCUT2D eigenvalue weighted by Gasteiger charge is -2.24. The van der Waals surface area contributed by atoms with Gasteiger partial charge in [0.25, 0.3) is 0 Å². The second kappa shape index (κ2) is 5.19. The normalized spacial score (nSPS) is 11.8. The van der Waals surface area contributed by atoms with E-state index in [-0.39, 0.29) is 12.1 Å². The first-order valence-corrected chi connectivity index (χ1v) is 6.25. The summed E-state index contributed by atoms with van der Waals surface area (Å²) in [5.74, 6) is 0. The van der Waals surface area contributed by atoms with E-state index in [0.29, 0.717) is 11.2 Å². The molecule has 6 heteroatoms. The van der Waals surface area contributed by atoms with Crippen molar-refractivity contribution in [3.63, 3.8) is 0 Å². The maximum absolute atomic E-state index is 12.5. The van der Waals surface area contributed by atoms with Crippen LogP contribution >= 0.6 is 0 Å². The number of rotatable bonds is 3. The van der Waals surface area contributed by atoms with Crippen molar-refractivity contribution in [2.24, 2.45) is 0 Å². The minimum Gasteiger partial charge on any atom is -0.363 e. The molecule has 1 N–H and O–H groups in total. The third-order valence-corrected chi connectivity index (χ3v) is 3.15. The van der Waals surface area contributed by atoms with Crippen molar-refractivity contribution < 1.29 is 13.2 Å². The van der Waals surface area contributed by atoms with Gasteiger partial charge in [0.2, 0.25) is 5.56 Å². The molecule has 2 aromatic rings. The summed E-state index contributed by atoms with van der Waals surface area (Å²) in [6.07, 6.45) is -4.25. The summed E-state index contributed by atoms with van der Waals surface area (Å²) in [6, 6.07) is 6.34. The second-order valence-corrected chi connectivity index (χ2v) is 4.68. The Labute approximate surface area is 114 Å². The van der Waals surface area contributed by atoms with E-state index in [0.717, 1.165) is 10.9 Å². The average Bonchev–Trinajstić information content (AvgIpc) is 2.34. The molecular formula is C14H15F3N2O. The van der Waals surface area contributed by atoms with Crippen molar-refractivity contribution in [2.45, 2.75) is 20.0 Å². The second-order valence-electron chi connectivity index (χ2n) is 4.68. The molecule has 0 aliphatic heterocycles. The van der Waals surface area contributed by atoms with Gasteiger partial charge in [-0.05, 0) is 37.6 Å². The van der Waals surface area contributed by atoms with Gasteiger partial charge in [0.15, 0.2) is 0 Å². The molecule has 1 heterocycles. The van der Waals surface area contributed by atoms with E-state index in [1.807, 2.05) is 0 Å². The van der Waals surface area contributed by atoms with Crippen molar-refractivity contribution >= 4 is 16.6 Å². The predicted molar refractivity (Wildman–Crippen MR) is 73.2 cm³/mol. The highest BCUT2D eigenvalue weighted by Gasteiger charge is 2.30. The highest BCUT2D eigenvalue weighted by atomic mass is 19.4. The average molecular weight is 284 g/mol. The fourth-order valence-electron chi connectivity index (χ4n) is 2.21. The van der Waals surface area contributed by atoms with Crippen LogP contribution in [0.4, 0.5) is 18.9 Å². The van der Waals surface area contributed by atoms with Crippen LogP contribution in [0.5, 0.6) is 0 Å². The van der Waals surface area contributed by atoms with Crippen LogP contribution in [-0.4, -0.2) is 24.2 Å². The first-order valence-electron chi connectivity index (χ1n) is 6.25. The minimum atomic E-state index is -4.25. The number of benzene rings is 1. The van der Waals surface area contributed by atoms with Gasteiger partial charge in [0, 0.05) is 29.2 Å². The number of aryl methyl sites for hydroxylation is 1. The van der Waals surface area contributed by atoms with E-state index in [9.17, 15) is 18.0 Å². The summed E-state index contributed by atoms with van der Waals surface area (Å²) < 4.78 is 37.6. The molecule has 108 valence electrons. The molecule has 3 nitrogen and oxygen atoms in total. The van der Waals surface area contributed by atoms with Crippen LogP contribution in [0, 0.1) is 6.92 Å². The standard InChI is InChI=1S/C14H15F3N2O/c1-3-19(8-14(15,16)17)10-4-5-12-11(7-10)9(2)6-13(20)18-12/h4-7H,3,8H2,1-2H3,(H,18,20). The molecule has 0 aliphatic carbocycles. The number of hydrogen-bond donors (Lipinski definition) is 1. The number of aromatic nitrogens is 1. The van der Waals surface area contributed by atoms with Crippen LogP contribution < -0.4 is 10.5 Å². The number of alkyl halides is 3. The zero-order valence-electron chi connectivity index (χ0n) is 11.2. The predicted octanol–water partition coefficient (Wildman–Crippen LogP) is 3.23. The SMILES string of the molecule is CCN(CC(F)(F)F)c1ccc2[nH]c(=O)cc(C)c2c1. The molecule has 1 aromatic heterocycles. The minimum absolute atomic E-state index is 0.217. The molecule has 0 unspecified atom stereocenters. The lowest BCUT2D eigenvalue weighted by molar-refractivity contribution is -0.119. The molecule has 0 radical (unpaired) electrons. The van der Waals surface area contributed by atoms with Crippen LogP contribution in [0.25, 0.3) is 10.9 Å². The van der Waals surface area contributed by atoms with Crippen molar-refractivity contribution in [2.75, 3.05) is 18.0 Å². The maximum atomic E-state index is 12.5. The van der Waals surface area contributed by atoms with E-state index in [2.05, 4.69) is 4.98 Å². The van der Waals surface area contributed by atoms with Crippen molar-refractivity contribution in [1.29, 1.82) is 0 Å². The summed E-state index contributed by atoms with van der Waals surface area (Å²) >= 11 is 0. The van der Waals surface area contributed by atoms with E-state index < -0.39 is 12.7 Å². The number of anilines is 1. The van der Waals surface area contributed by atoms with Crippen LogP contribution in [0.3, 0.4) is 0 Å². The van der Waals surface area contributed by atoms with Gasteiger partial charge in [-0.1, -0.05) is 0 Å². The Balaban J connectivity index is 2.47. The summed E-state index contributed by atoms with van der Waals surface area (Å²) in [7, 11) is 0. The van der Waals surface area contributed by atoms with E-state index in [4.69, 9.17) is 0 Å². The van der Waals surface area contributed by atoms with Gasteiger partial charge in [-0.25, -0.2) is 0 Å². The Morgan fingerprint density at radius 3 is 2.55 bits per heavy atom. The summed E-state index contributed by atoms with van der Waals surface area (Å²) in [6.45, 7) is 2.71. The van der Waals surface area contributed by atoms with Gasteiger partial charge in [0.05, 0.1) is 0 Å². The highest BCUT2D eigenvalue weighted by Crippen LogP contribution is 2.25. The Bertz CT molecular complexity index is 676. The van der Waals surface area contributed by atoms with Crippen molar-refractivity contribution in [1.82, 2.24) is 4.98 Å². The number of nitrogens with zero attached hydrogens (tertiary/aromatic N) is 1. The number of halogens is 3. The lowest BCUT2D eigenvalue weighted by atomic mass is 10.1. The van der Waals surface area contributed by atoms with Gasteiger partial charge >= 0.3 is 6.18 Å². The highest BCUT2D eigenvalue weighted by molar-refractivity contribution is 5.85. The zero-order valence-corrected chi connectivity index (χ0v) is 11.2. The van der Waals surface area contributed by atoms with Gasteiger partial charge in [-0.3, -0.25) is 4.79 Å². The molecule has 0 spiro atoms. The van der Waals surface area contributed by atoms with Crippen LogP contribution in [0.2, 0.25) is 0 Å². The van der Waals surface area contributed by atoms with Crippen LogP contribution in [-0.2, 0) is 0 Å². The Kier molecular flexibility index (Phi) is 3.74. The summed E-state index contributed by atoms with van der Waals surface area (Å²) in [5, 5.41) is 0.753. The fraction of sp³-hybridized carbons (Fsp3) is 0.357. The van der Waals surface area contributed by atoms with E-state index in [1.54, 1.807) is 32.0 Å². The van der Waals surface area contributed by atoms with Crippen LogP contribution in [0.15, 0.2) is 29.1 Å². The van der Waals surface area contributed by atoms with Gasteiger partial charge in [0.1, 0.15) is 6.54 Å². The number of fused-ring (bicyclic) bond motifs is 1. The molecular weight excluding hydrogens is 269 g/mol. The quantitative estimate of drug-likeness (QED) is 0.939. The van der Waals surface area contributed by atoms with Crippen LogP contribution in [0.1, 0.15) is 12.5 Å². The van der Waals surface area contributed by atoms with E-state index >= 15 is 0 Å². The lowest BCUT2D eigenvalue weighted by Crippen LogP contribution is -2.34. The number of aromatic amines is 1. The van der Waals surface area contributed by atoms with Crippen molar-refractivity contribution in [3.8, 4) is 0 Å². The fourth-order valence-corrected chi connectivity index (χ4v) is 2.21.